The maximum absolute atomic E-state index is 11.9. The van der Waals surface area contributed by atoms with Gasteiger partial charge in [-0.25, -0.2) is 0 Å². The molecule has 3 N–H and O–H groups in total. The number of hydrogen-bond donors (Lipinski definition) is 2. The molecule has 0 bridgehead atoms. The van der Waals surface area contributed by atoms with Gasteiger partial charge in [0.1, 0.15) is 0 Å². The lowest BCUT2D eigenvalue weighted by molar-refractivity contribution is 0.0950. The zero-order valence-electron chi connectivity index (χ0n) is 10.2. The van der Waals surface area contributed by atoms with Crippen LogP contribution in [0.5, 0.6) is 0 Å². The number of carbonyl (C=O) groups is 1. The highest BCUT2D eigenvalue weighted by atomic mass is 16.1. The van der Waals surface area contributed by atoms with Gasteiger partial charge in [-0.05, 0) is 36.8 Å². The molecule has 0 aliphatic heterocycles. The van der Waals surface area contributed by atoms with Gasteiger partial charge in [0.2, 0.25) is 0 Å². The lowest BCUT2D eigenvalue weighted by Gasteiger charge is -2.06. The average molecular weight is 241 g/mol. The molecule has 0 aliphatic carbocycles. The number of nitrogens with two attached hydrogens (primary N) is 1. The Kier molecular flexibility index (Phi) is 3.57. The Balaban J connectivity index is 2.02. The number of nitrogen functional groups attached to an aromatic ring is 1. The average Bonchev–Trinajstić information content (AvgIpc) is 2.40. The number of aromatic nitrogens is 1. The Morgan fingerprint density at radius 1 is 1.33 bits per heavy atom. The molecule has 1 amide bonds. The van der Waals surface area contributed by atoms with Gasteiger partial charge in [-0.1, -0.05) is 12.1 Å². The number of nitrogens with one attached hydrogen (secondary N) is 1. The van der Waals surface area contributed by atoms with Gasteiger partial charge < -0.3 is 11.1 Å². The topological polar surface area (TPSA) is 68.0 Å². The molecule has 18 heavy (non-hydrogen) atoms. The molecule has 0 saturated heterocycles. The van der Waals surface area contributed by atoms with E-state index in [1.165, 1.54) is 0 Å². The van der Waals surface area contributed by atoms with Crippen LogP contribution in [0.25, 0.3) is 0 Å². The fourth-order valence-corrected chi connectivity index (χ4v) is 1.56. The van der Waals surface area contributed by atoms with Crippen LogP contribution in [-0.4, -0.2) is 10.9 Å². The van der Waals surface area contributed by atoms with Gasteiger partial charge in [0, 0.05) is 17.4 Å². The third kappa shape index (κ3) is 2.85. The van der Waals surface area contributed by atoms with Gasteiger partial charge in [-0.2, -0.15) is 0 Å². The molecule has 0 saturated carbocycles. The zero-order chi connectivity index (χ0) is 13.0. The normalized spacial score (nSPS) is 10.1. The van der Waals surface area contributed by atoms with E-state index in [0.717, 1.165) is 11.3 Å². The van der Waals surface area contributed by atoms with Crippen LogP contribution < -0.4 is 11.1 Å². The molecular weight excluding hydrogens is 226 g/mol. The Morgan fingerprint density at radius 2 is 2.17 bits per heavy atom. The van der Waals surface area contributed by atoms with Crippen LogP contribution >= 0.6 is 0 Å². The summed E-state index contributed by atoms with van der Waals surface area (Å²) in [7, 11) is 0. The van der Waals surface area contributed by atoms with E-state index in [1.807, 2.05) is 31.2 Å². The van der Waals surface area contributed by atoms with Crippen molar-refractivity contribution in [1.29, 1.82) is 0 Å². The third-order valence-corrected chi connectivity index (χ3v) is 2.70. The minimum Gasteiger partial charge on any atom is -0.398 e. The van der Waals surface area contributed by atoms with Gasteiger partial charge in [0.15, 0.2) is 0 Å². The molecule has 2 aromatic rings. The van der Waals surface area contributed by atoms with Gasteiger partial charge in [-0.3, -0.25) is 9.78 Å². The number of nitrogens with zero attached hydrogens (tertiary/aromatic N) is 1. The summed E-state index contributed by atoms with van der Waals surface area (Å²) in [4.78, 5) is 16.0. The fourth-order valence-electron chi connectivity index (χ4n) is 1.56. The zero-order valence-corrected chi connectivity index (χ0v) is 10.2. The minimum absolute atomic E-state index is 0.146. The van der Waals surface area contributed by atoms with E-state index in [9.17, 15) is 4.79 Å². The summed E-state index contributed by atoms with van der Waals surface area (Å²) < 4.78 is 0. The Bertz CT molecular complexity index is 552. The predicted octanol–water partition coefficient (Wildman–Crippen LogP) is 1.90. The molecule has 0 atom stereocenters. The van der Waals surface area contributed by atoms with Crippen molar-refractivity contribution in [1.82, 2.24) is 10.3 Å². The quantitative estimate of drug-likeness (QED) is 0.806. The highest BCUT2D eigenvalue weighted by Gasteiger charge is 2.06. The number of rotatable bonds is 3. The second-order valence-corrected chi connectivity index (χ2v) is 4.08. The lowest BCUT2D eigenvalue weighted by atomic mass is 10.1. The minimum atomic E-state index is -0.146. The summed E-state index contributed by atoms with van der Waals surface area (Å²) in [5.74, 6) is -0.146. The lowest BCUT2D eigenvalue weighted by Crippen LogP contribution is -2.23. The standard InChI is InChI=1S/C14H15N3O/c1-10-5-6-11(8-13(10)15)14(18)17-9-12-4-2-3-7-16-12/h2-8H,9,15H2,1H3,(H,17,18). The van der Waals surface area contributed by atoms with Crippen molar-refractivity contribution < 1.29 is 4.79 Å². The fraction of sp³-hybridized carbons (Fsp3) is 0.143. The molecule has 92 valence electrons. The van der Waals surface area contributed by atoms with Gasteiger partial charge in [0.05, 0.1) is 12.2 Å². The van der Waals surface area contributed by atoms with Crippen molar-refractivity contribution >= 4 is 11.6 Å². The first-order valence-corrected chi connectivity index (χ1v) is 5.71. The van der Waals surface area contributed by atoms with Crippen molar-refractivity contribution in [3.63, 3.8) is 0 Å². The molecule has 1 aromatic carbocycles. The maximum atomic E-state index is 11.9. The van der Waals surface area contributed by atoms with Crippen LogP contribution in [0.3, 0.4) is 0 Å². The van der Waals surface area contributed by atoms with Gasteiger partial charge >= 0.3 is 0 Å². The molecule has 0 fully saturated rings. The Labute approximate surface area is 106 Å². The summed E-state index contributed by atoms with van der Waals surface area (Å²) in [6.07, 6.45) is 1.70. The molecular formula is C14H15N3O. The first-order chi connectivity index (χ1) is 8.66. The van der Waals surface area contributed by atoms with E-state index in [4.69, 9.17) is 5.73 Å². The summed E-state index contributed by atoms with van der Waals surface area (Å²) in [5.41, 5.74) is 8.76. The number of benzene rings is 1. The van der Waals surface area contributed by atoms with Crippen molar-refractivity contribution in [2.45, 2.75) is 13.5 Å². The van der Waals surface area contributed by atoms with Gasteiger partial charge in [0.25, 0.3) is 5.91 Å². The van der Waals surface area contributed by atoms with Crippen LogP contribution in [0.2, 0.25) is 0 Å². The van der Waals surface area contributed by atoms with Gasteiger partial charge in [-0.15, -0.1) is 0 Å². The molecule has 0 unspecified atom stereocenters. The highest BCUT2D eigenvalue weighted by molar-refractivity contribution is 5.95. The Hall–Kier alpha value is -2.36. The number of amides is 1. The second kappa shape index (κ2) is 5.31. The summed E-state index contributed by atoms with van der Waals surface area (Å²) in [6.45, 7) is 2.32. The van der Waals surface area contributed by atoms with Crippen molar-refractivity contribution in [3.05, 3.63) is 59.4 Å². The van der Waals surface area contributed by atoms with Crippen molar-refractivity contribution in [2.24, 2.45) is 0 Å². The molecule has 4 heteroatoms. The molecule has 1 aromatic heterocycles. The van der Waals surface area contributed by atoms with E-state index in [-0.39, 0.29) is 5.91 Å². The van der Waals surface area contributed by atoms with E-state index < -0.39 is 0 Å². The summed E-state index contributed by atoms with van der Waals surface area (Å²) in [6, 6.07) is 10.9. The van der Waals surface area contributed by atoms with E-state index in [2.05, 4.69) is 10.3 Å². The predicted molar refractivity (Wildman–Crippen MR) is 71.0 cm³/mol. The first-order valence-electron chi connectivity index (χ1n) is 5.71. The Morgan fingerprint density at radius 3 is 2.83 bits per heavy atom. The summed E-state index contributed by atoms with van der Waals surface area (Å²) >= 11 is 0. The molecule has 0 spiro atoms. The smallest absolute Gasteiger partial charge is 0.251 e. The molecule has 0 radical (unpaired) electrons. The number of hydrogen-bond acceptors (Lipinski definition) is 3. The van der Waals surface area contributed by atoms with Crippen LogP contribution in [0.15, 0.2) is 42.6 Å². The number of aryl methyl sites for hydroxylation is 1. The van der Waals surface area contributed by atoms with Crippen molar-refractivity contribution in [3.8, 4) is 0 Å². The number of carbonyl (C=O) groups excluding carboxylic acids is 1. The number of anilines is 1. The molecule has 2 rings (SSSR count). The third-order valence-electron chi connectivity index (χ3n) is 2.70. The second-order valence-electron chi connectivity index (χ2n) is 4.08. The van der Waals surface area contributed by atoms with Crippen LogP contribution in [0.1, 0.15) is 21.6 Å². The van der Waals surface area contributed by atoms with Crippen LogP contribution in [-0.2, 0) is 6.54 Å². The van der Waals surface area contributed by atoms with E-state index >= 15 is 0 Å². The summed E-state index contributed by atoms with van der Waals surface area (Å²) in [5, 5.41) is 2.80. The monoisotopic (exact) mass is 241 g/mol. The molecule has 0 aliphatic rings. The van der Waals surface area contributed by atoms with E-state index in [1.54, 1.807) is 18.3 Å². The highest BCUT2D eigenvalue weighted by Crippen LogP contribution is 2.12. The molecule has 4 nitrogen and oxygen atoms in total. The number of pyridine rings is 1. The van der Waals surface area contributed by atoms with Crippen molar-refractivity contribution in [2.75, 3.05) is 5.73 Å². The SMILES string of the molecule is Cc1ccc(C(=O)NCc2ccccn2)cc1N. The first kappa shape index (κ1) is 12.1. The van der Waals surface area contributed by atoms with Crippen LogP contribution in [0.4, 0.5) is 5.69 Å². The van der Waals surface area contributed by atoms with Crippen LogP contribution in [0, 0.1) is 6.92 Å². The molecule has 1 heterocycles. The van der Waals surface area contributed by atoms with E-state index in [0.29, 0.717) is 17.8 Å². The largest absolute Gasteiger partial charge is 0.398 e. The maximum Gasteiger partial charge on any atom is 0.251 e.